The largest absolute Gasteiger partial charge is 0.480 e. The highest BCUT2D eigenvalue weighted by Gasteiger charge is 2.36. The number of urea groups is 1. The molecular weight excluding hydrogens is 254 g/mol. The number of aliphatic carboxylic acids is 1. The average Bonchev–Trinajstić information content (AvgIpc) is 2.56. The van der Waals surface area contributed by atoms with Gasteiger partial charge in [-0.2, -0.15) is 0 Å². The van der Waals surface area contributed by atoms with Gasteiger partial charge in [0.1, 0.15) is 19.1 Å². The van der Waals surface area contributed by atoms with Crippen LogP contribution in [0.15, 0.2) is 0 Å². The zero-order valence-electron chi connectivity index (χ0n) is 11.1. The van der Waals surface area contributed by atoms with Crippen LogP contribution >= 0.6 is 0 Å². The lowest BCUT2D eigenvalue weighted by molar-refractivity contribution is -0.149. The number of hydrogen-bond donors (Lipinski definition) is 1. The molecule has 0 bridgehead atoms. The van der Waals surface area contributed by atoms with Gasteiger partial charge in [0.05, 0.1) is 0 Å². The first-order chi connectivity index (χ1) is 8.79. The van der Waals surface area contributed by atoms with Crippen LogP contribution in [0, 0.1) is 0 Å². The van der Waals surface area contributed by atoms with Gasteiger partial charge in [-0.1, -0.05) is 6.92 Å². The minimum absolute atomic E-state index is 0.0635. The molecule has 0 aromatic heterocycles. The maximum absolute atomic E-state index is 11.9. The van der Waals surface area contributed by atoms with Gasteiger partial charge in [-0.05, 0) is 6.42 Å². The normalized spacial score (nSPS) is 16.8. The minimum Gasteiger partial charge on any atom is -0.480 e. The highest BCUT2D eigenvalue weighted by Crippen LogP contribution is 2.09. The Morgan fingerprint density at radius 1 is 1.42 bits per heavy atom. The van der Waals surface area contributed by atoms with Gasteiger partial charge in [0.25, 0.3) is 5.91 Å². The minimum atomic E-state index is -1.12. The van der Waals surface area contributed by atoms with Crippen LogP contribution < -0.4 is 0 Å². The fourth-order valence-electron chi connectivity index (χ4n) is 1.86. The first-order valence-corrected chi connectivity index (χ1v) is 5.83. The van der Waals surface area contributed by atoms with E-state index in [0.717, 1.165) is 9.80 Å². The molecule has 1 fully saturated rings. The monoisotopic (exact) mass is 271 g/mol. The van der Waals surface area contributed by atoms with Crippen molar-refractivity contribution in [3.63, 3.8) is 0 Å². The lowest BCUT2D eigenvalue weighted by Gasteiger charge is -2.25. The van der Waals surface area contributed by atoms with E-state index in [0.29, 0.717) is 0 Å². The van der Waals surface area contributed by atoms with Crippen molar-refractivity contribution in [3.05, 3.63) is 0 Å². The Balaban J connectivity index is 2.72. The standard InChI is InChI=1S/C11H17N3O5/c1-4-7(10(17)18)13(3)8(15)6-14-9(16)5-12(2)11(14)19/h7H,4-6H2,1-3H3,(H,17,18). The molecular formula is C11H17N3O5. The van der Waals surface area contributed by atoms with Crippen LogP contribution in [0.5, 0.6) is 0 Å². The van der Waals surface area contributed by atoms with Crippen molar-refractivity contribution in [3.8, 4) is 0 Å². The number of carbonyl (C=O) groups excluding carboxylic acids is 3. The fraction of sp³-hybridized carbons (Fsp3) is 0.636. The third kappa shape index (κ3) is 3.01. The van der Waals surface area contributed by atoms with Gasteiger partial charge in [-0.3, -0.25) is 14.5 Å². The summed E-state index contributed by atoms with van der Waals surface area (Å²) < 4.78 is 0. The second-order valence-corrected chi connectivity index (χ2v) is 4.39. The van der Waals surface area contributed by atoms with E-state index >= 15 is 0 Å². The van der Waals surface area contributed by atoms with Gasteiger partial charge in [0.2, 0.25) is 5.91 Å². The molecule has 0 spiro atoms. The average molecular weight is 271 g/mol. The maximum atomic E-state index is 11.9. The second kappa shape index (κ2) is 5.68. The summed E-state index contributed by atoms with van der Waals surface area (Å²) >= 11 is 0. The first-order valence-electron chi connectivity index (χ1n) is 5.83. The Morgan fingerprint density at radius 2 is 2.00 bits per heavy atom. The van der Waals surface area contributed by atoms with Crippen molar-refractivity contribution in [1.29, 1.82) is 0 Å². The number of likely N-dealkylation sites (N-methyl/N-ethyl adjacent to an activating group) is 2. The van der Waals surface area contributed by atoms with Crippen molar-refractivity contribution in [2.45, 2.75) is 19.4 Å². The molecule has 8 heteroatoms. The smallest absolute Gasteiger partial charge is 0.327 e. The van der Waals surface area contributed by atoms with Gasteiger partial charge in [-0.15, -0.1) is 0 Å². The SMILES string of the molecule is CCC(C(=O)O)N(C)C(=O)CN1C(=O)CN(C)C1=O. The number of carboxylic acid groups (broad SMARTS) is 1. The van der Waals surface area contributed by atoms with Crippen LogP contribution in [0.3, 0.4) is 0 Å². The van der Waals surface area contributed by atoms with Crippen LogP contribution in [0.4, 0.5) is 4.79 Å². The Bertz CT molecular complexity index is 423. The number of imide groups is 1. The molecule has 0 aliphatic carbocycles. The molecule has 1 aliphatic rings. The molecule has 1 heterocycles. The maximum Gasteiger partial charge on any atom is 0.327 e. The van der Waals surface area contributed by atoms with Crippen LogP contribution in [0.25, 0.3) is 0 Å². The van der Waals surface area contributed by atoms with E-state index in [2.05, 4.69) is 0 Å². The third-order valence-corrected chi connectivity index (χ3v) is 3.06. The summed E-state index contributed by atoms with van der Waals surface area (Å²) in [5.41, 5.74) is 0. The first kappa shape index (κ1) is 14.9. The quantitative estimate of drug-likeness (QED) is 0.660. The van der Waals surface area contributed by atoms with E-state index in [-0.39, 0.29) is 13.0 Å². The van der Waals surface area contributed by atoms with Crippen molar-refractivity contribution >= 4 is 23.8 Å². The molecule has 4 amide bonds. The second-order valence-electron chi connectivity index (χ2n) is 4.39. The van der Waals surface area contributed by atoms with Gasteiger partial charge in [0, 0.05) is 14.1 Å². The number of rotatable bonds is 5. The van der Waals surface area contributed by atoms with E-state index in [1.807, 2.05) is 0 Å². The highest BCUT2D eigenvalue weighted by molar-refractivity contribution is 6.04. The topological polar surface area (TPSA) is 98.2 Å². The molecule has 0 aromatic rings. The zero-order chi connectivity index (χ0) is 14.7. The molecule has 1 unspecified atom stereocenters. The Morgan fingerprint density at radius 3 is 2.37 bits per heavy atom. The van der Waals surface area contributed by atoms with Crippen molar-refractivity contribution < 1.29 is 24.3 Å². The molecule has 1 atom stereocenters. The Labute approximate surface area is 110 Å². The molecule has 0 radical (unpaired) electrons. The number of carboxylic acids is 1. The summed E-state index contributed by atoms with van der Waals surface area (Å²) in [6.07, 6.45) is 0.249. The van der Waals surface area contributed by atoms with E-state index < -0.39 is 36.4 Å². The molecule has 1 aliphatic heterocycles. The Hall–Kier alpha value is -2.12. The number of amides is 4. The van der Waals surface area contributed by atoms with E-state index in [9.17, 15) is 19.2 Å². The lowest BCUT2D eigenvalue weighted by atomic mass is 10.2. The number of nitrogens with zero attached hydrogens (tertiary/aromatic N) is 3. The predicted octanol–water partition coefficient (Wildman–Crippen LogP) is -0.798. The summed E-state index contributed by atoms with van der Waals surface area (Å²) in [5, 5.41) is 8.95. The summed E-state index contributed by atoms with van der Waals surface area (Å²) in [6, 6.07) is -1.51. The number of hydrogen-bond acceptors (Lipinski definition) is 4. The Kier molecular flexibility index (Phi) is 4.47. The lowest BCUT2D eigenvalue weighted by Crippen LogP contribution is -2.47. The van der Waals surface area contributed by atoms with Crippen molar-refractivity contribution in [1.82, 2.24) is 14.7 Å². The van der Waals surface area contributed by atoms with Crippen LogP contribution in [0.1, 0.15) is 13.3 Å². The summed E-state index contributed by atoms with van der Waals surface area (Å²) in [7, 11) is 2.81. The zero-order valence-corrected chi connectivity index (χ0v) is 11.1. The van der Waals surface area contributed by atoms with Gasteiger partial charge >= 0.3 is 12.0 Å². The molecule has 8 nitrogen and oxygen atoms in total. The van der Waals surface area contributed by atoms with Crippen molar-refractivity contribution in [2.24, 2.45) is 0 Å². The van der Waals surface area contributed by atoms with Gasteiger partial charge in [0.15, 0.2) is 0 Å². The highest BCUT2D eigenvalue weighted by atomic mass is 16.4. The van der Waals surface area contributed by atoms with E-state index in [1.54, 1.807) is 6.92 Å². The number of carbonyl (C=O) groups is 4. The summed E-state index contributed by atoms with van der Waals surface area (Å²) in [5.74, 6) is -2.15. The molecule has 0 saturated carbocycles. The van der Waals surface area contributed by atoms with Gasteiger partial charge in [-0.25, -0.2) is 9.59 Å². The van der Waals surface area contributed by atoms with Gasteiger partial charge < -0.3 is 14.9 Å². The molecule has 0 aromatic carbocycles. The van der Waals surface area contributed by atoms with E-state index in [1.165, 1.54) is 19.0 Å². The third-order valence-electron chi connectivity index (χ3n) is 3.06. The van der Waals surface area contributed by atoms with Crippen LogP contribution in [-0.4, -0.2) is 76.8 Å². The fourth-order valence-corrected chi connectivity index (χ4v) is 1.86. The molecule has 1 saturated heterocycles. The molecule has 1 rings (SSSR count). The molecule has 19 heavy (non-hydrogen) atoms. The predicted molar refractivity (Wildman–Crippen MR) is 64.2 cm³/mol. The van der Waals surface area contributed by atoms with E-state index in [4.69, 9.17) is 5.11 Å². The van der Waals surface area contributed by atoms with Crippen LogP contribution in [-0.2, 0) is 14.4 Å². The molecule has 1 N–H and O–H groups in total. The summed E-state index contributed by atoms with van der Waals surface area (Å²) in [4.78, 5) is 49.0. The molecule has 106 valence electrons. The van der Waals surface area contributed by atoms with Crippen molar-refractivity contribution in [2.75, 3.05) is 27.2 Å². The van der Waals surface area contributed by atoms with Crippen LogP contribution in [0.2, 0.25) is 0 Å². The summed E-state index contributed by atoms with van der Waals surface area (Å²) in [6.45, 7) is 1.15.